The highest BCUT2D eigenvalue weighted by molar-refractivity contribution is 7.92. The number of hydrogen-bond donors (Lipinski definition) is 1. The number of rotatable bonds is 5. The van der Waals surface area contributed by atoms with Crippen LogP contribution in [0.3, 0.4) is 0 Å². The number of amides is 1. The Kier molecular flexibility index (Phi) is 6.37. The van der Waals surface area contributed by atoms with Crippen molar-refractivity contribution in [2.45, 2.75) is 55.8 Å². The van der Waals surface area contributed by atoms with Crippen LogP contribution in [0, 0.1) is 0 Å². The van der Waals surface area contributed by atoms with E-state index in [9.17, 15) is 13.2 Å². The maximum absolute atomic E-state index is 12.9. The van der Waals surface area contributed by atoms with E-state index in [0.29, 0.717) is 11.5 Å². The number of benzene rings is 1. The summed E-state index contributed by atoms with van der Waals surface area (Å²) in [5, 5.41) is 2.77. The van der Waals surface area contributed by atoms with Gasteiger partial charge in [-0.15, -0.1) is 0 Å². The van der Waals surface area contributed by atoms with Crippen molar-refractivity contribution in [2.24, 2.45) is 0 Å². The quantitative estimate of drug-likeness (QED) is 0.716. The molecular formula is C24H33N5O3S. The van der Waals surface area contributed by atoms with Gasteiger partial charge in [0.1, 0.15) is 11.9 Å². The fourth-order valence-corrected chi connectivity index (χ4v) is 5.70. The van der Waals surface area contributed by atoms with E-state index in [4.69, 9.17) is 4.98 Å². The first-order valence-electron chi connectivity index (χ1n) is 11.5. The molecule has 2 aliphatic rings. The maximum atomic E-state index is 12.9. The lowest BCUT2D eigenvalue weighted by Crippen LogP contribution is -2.57. The number of likely N-dealkylation sites (N-methyl/N-ethyl adjacent to an activating group) is 1. The molecule has 4 rings (SSSR count). The molecule has 1 N–H and O–H groups in total. The van der Waals surface area contributed by atoms with Crippen molar-refractivity contribution >= 4 is 38.8 Å². The molecule has 1 saturated heterocycles. The fraction of sp³-hybridized carbons (Fsp3) is 0.500. The van der Waals surface area contributed by atoms with Crippen LogP contribution in [0.5, 0.6) is 0 Å². The summed E-state index contributed by atoms with van der Waals surface area (Å²) in [5.41, 5.74) is 1.45. The van der Waals surface area contributed by atoms with Crippen molar-refractivity contribution in [3.63, 3.8) is 0 Å². The Morgan fingerprint density at radius 3 is 2.45 bits per heavy atom. The minimum absolute atomic E-state index is 0.0653. The molecule has 178 valence electrons. The number of pyridine rings is 1. The van der Waals surface area contributed by atoms with Gasteiger partial charge in [-0.05, 0) is 84.1 Å². The molecule has 1 aromatic heterocycles. The van der Waals surface area contributed by atoms with E-state index < -0.39 is 15.1 Å². The summed E-state index contributed by atoms with van der Waals surface area (Å²) in [6, 6.07) is 10.5. The van der Waals surface area contributed by atoms with Crippen LogP contribution in [0.1, 0.15) is 33.6 Å². The Morgan fingerprint density at radius 1 is 1.09 bits per heavy atom. The van der Waals surface area contributed by atoms with Gasteiger partial charge in [-0.2, -0.15) is 0 Å². The third kappa shape index (κ3) is 4.44. The number of likely N-dealkylation sites (tertiary alicyclic amines) is 1. The van der Waals surface area contributed by atoms with E-state index in [0.717, 1.165) is 37.4 Å². The standard InChI is InChI=1S/C24H33N5O3S/c1-16(2)33(31,32)20-8-6-7-18(15-20)25-22-10-9-21-23(26-22)29(17(3)24(30)28(21)5)19-11-13-27(4)14-12-19/h6-10,15-17,19H,11-14H2,1-5H3,(H,25,26)/t17-/m1/s1. The van der Waals surface area contributed by atoms with Crippen LogP contribution in [-0.2, 0) is 14.6 Å². The molecule has 9 heteroatoms. The zero-order valence-electron chi connectivity index (χ0n) is 19.9. The maximum Gasteiger partial charge on any atom is 0.249 e. The van der Waals surface area contributed by atoms with Crippen LogP contribution in [0.25, 0.3) is 0 Å². The second-order valence-corrected chi connectivity index (χ2v) is 11.8. The molecule has 1 fully saturated rings. The van der Waals surface area contributed by atoms with E-state index in [2.05, 4.69) is 22.2 Å². The minimum atomic E-state index is -3.37. The van der Waals surface area contributed by atoms with Crippen LogP contribution in [0.4, 0.5) is 23.0 Å². The highest BCUT2D eigenvalue weighted by Gasteiger charge is 2.39. The lowest BCUT2D eigenvalue weighted by Gasteiger charge is -2.45. The Bertz CT molecular complexity index is 1140. The monoisotopic (exact) mass is 471 g/mol. The first-order valence-corrected chi connectivity index (χ1v) is 13.0. The average molecular weight is 472 g/mol. The zero-order chi connectivity index (χ0) is 23.9. The molecule has 0 saturated carbocycles. The number of nitrogens with one attached hydrogen (secondary N) is 1. The minimum Gasteiger partial charge on any atom is -0.340 e. The highest BCUT2D eigenvalue weighted by atomic mass is 32.2. The summed E-state index contributed by atoms with van der Waals surface area (Å²) in [5.74, 6) is 1.46. The number of aromatic nitrogens is 1. The van der Waals surface area contributed by atoms with Gasteiger partial charge >= 0.3 is 0 Å². The first-order chi connectivity index (χ1) is 15.6. The molecular weight excluding hydrogens is 438 g/mol. The van der Waals surface area contributed by atoms with E-state index in [1.165, 1.54) is 0 Å². The van der Waals surface area contributed by atoms with Gasteiger partial charge in [0, 0.05) is 18.8 Å². The van der Waals surface area contributed by atoms with E-state index in [1.54, 1.807) is 44.0 Å². The van der Waals surface area contributed by atoms with E-state index >= 15 is 0 Å². The van der Waals surface area contributed by atoms with Crippen LogP contribution in [-0.4, -0.2) is 68.7 Å². The lowest BCUT2D eigenvalue weighted by atomic mass is 9.99. The fourth-order valence-electron chi connectivity index (χ4n) is 4.60. The Hall–Kier alpha value is -2.65. The summed E-state index contributed by atoms with van der Waals surface area (Å²) in [6.07, 6.45) is 1.96. The van der Waals surface area contributed by atoms with Gasteiger partial charge in [-0.1, -0.05) is 6.07 Å². The Labute approximate surface area is 196 Å². The number of fused-ring (bicyclic) bond motifs is 1. The number of nitrogens with zero attached hydrogens (tertiary/aromatic N) is 4. The molecule has 2 aromatic rings. The van der Waals surface area contributed by atoms with E-state index in [-0.39, 0.29) is 22.9 Å². The molecule has 0 unspecified atom stereocenters. The summed E-state index contributed by atoms with van der Waals surface area (Å²) in [6.45, 7) is 7.28. The number of hydrogen-bond acceptors (Lipinski definition) is 7. The molecule has 1 amide bonds. The Morgan fingerprint density at radius 2 is 1.79 bits per heavy atom. The predicted octanol–water partition coefficient (Wildman–Crippen LogP) is 3.27. The van der Waals surface area contributed by atoms with Crippen molar-refractivity contribution in [3.05, 3.63) is 36.4 Å². The summed E-state index contributed by atoms with van der Waals surface area (Å²) in [7, 11) is 0.541. The predicted molar refractivity (Wildman–Crippen MR) is 132 cm³/mol. The van der Waals surface area contributed by atoms with Crippen LogP contribution >= 0.6 is 0 Å². The lowest BCUT2D eigenvalue weighted by molar-refractivity contribution is -0.119. The molecule has 0 bridgehead atoms. The molecule has 33 heavy (non-hydrogen) atoms. The topological polar surface area (TPSA) is 85.9 Å². The molecule has 2 aliphatic heterocycles. The summed E-state index contributed by atoms with van der Waals surface area (Å²) in [4.78, 5) is 24.3. The number of piperidine rings is 1. The zero-order valence-corrected chi connectivity index (χ0v) is 20.8. The van der Waals surface area contributed by atoms with E-state index in [1.807, 2.05) is 25.1 Å². The largest absolute Gasteiger partial charge is 0.340 e. The number of carbonyl (C=O) groups excluding carboxylic acids is 1. The molecule has 0 spiro atoms. The van der Waals surface area contributed by atoms with Gasteiger partial charge in [-0.3, -0.25) is 4.79 Å². The van der Waals surface area contributed by atoms with Crippen molar-refractivity contribution in [1.82, 2.24) is 9.88 Å². The summed E-state index contributed by atoms with van der Waals surface area (Å²) < 4.78 is 25.2. The molecule has 0 aliphatic carbocycles. The molecule has 1 aromatic carbocycles. The van der Waals surface area contributed by atoms with Gasteiger partial charge in [0.25, 0.3) is 0 Å². The number of anilines is 4. The molecule has 0 radical (unpaired) electrons. The molecule has 1 atom stereocenters. The van der Waals surface area contributed by atoms with Crippen LogP contribution in [0.2, 0.25) is 0 Å². The second kappa shape index (κ2) is 8.95. The number of carbonyl (C=O) groups is 1. The normalized spacial score (nSPS) is 20.3. The molecule has 8 nitrogen and oxygen atoms in total. The summed E-state index contributed by atoms with van der Waals surface area (Å²) >= 11 is 0. The van der Waals surface area contributed by atoms with Crippen molar-refractivity contribution in [3.8, 4) is 0 Å². The van der Waals surface area contributed by atoms with Crippen molar-refractivity contribution < 1.29 is 13.2 Å². The third-order valence-corrected chi connectivity index (χ3v) is 8.85. The van der Waals surface area contributed by atoms with Gasteiger partial charge in [0.05, 0.1) is 15.8 Å². The SMILES string of the molecule is CC(C)S(=O)(=O)c1cccc(Nc2ccc3c(n2)N(C2CCN(C)CC2)[C@H](C)C(=O)N3C)c1. The third-order valence-electron chi connectivity index (χ3n) is 6.70. The Balaban J connectivity index is 1.68. The van der Waals surface area contributed by atoms with Crippen molar-refractivity contribution in [2.75, 3.05) is 42.3 Å². The van der Waals surface area contributed by atoms with Gasteiger partial charge in [0.2, 0.25) is 5.91 Å². The van der Waals surface area contributed by atoms with Crippen molar-refractivity contribution in [1.29, 1.82) is 0 Å². The van der Waals surface area contributed by atoms with Gasteiger partial charge in [-0.25, -0.2) is 13.4 Å². The van der Waals surface area contributed by atoms with Crippen LogP contribution < -0.4 is 15.1 Å². The van der Waals surface area contributed by atoms with Crippen LogP contribution in [0.15, 0.2) is 41.3 Å². The van der Waals surface area contributed by atoms with Gasteiger partial charge < -0.3 is 20.0 Å². The highest BCUT2D eigenvalue weighted by Crippen LogP contribution is 2.38. The average Bonchev–Trinajstić information content (AvgIpc) is 2.79. The number of sulfone groups is 1. The first kappa shape index (κ1) is 23.5. The smallest absolute Gasteiger partial charge is 0.249 e. The molecule has 3 heterocycles. The van der Waals surface area contributed by atoms with Gasteiger partial charge in [0.15, 0.2) is 15.7 Å². The second-order valence-electron chi connectivity index (χ2n) is 9.30.